The third-order valence-electron chi connectivity index (χ3n) is 5.20. The number of amides is 2. The molecule has 3 rings (SSSR count). The van der Waals surface area contributed by atoms with Crippen molar-refractivity contribution in [2.24, 2.45) is 0 Å². The third-order valence-corrected chi connectivity index (χ3v) is 5.20. The first-order chi connectivity index (χ1) is 12.2. The highest BCUT2D eigenvalue weighted by Crippen LogP contribution is 2.23. The van der Waals surface area contributed by atoms with Crippen LogP contribution in [0.4, 0.5) is 4.79 Å². The van der Waals surface area contributed by atoms with Gasteiger partial charge in [-0.1, -0.05) is 19.3 Å². The van der Waals surface area contributed by atoms with Crippen molar-refractivity contribution in [2.45, 2.75) is 51.2 Å². The number of nitrogens with one attached hydrogen (secondary N) is 1. The topological polar surface area (TPSA) is 57.7 Å². The van der Waals surface area contributed by atoms with Crippen LogP contribution in [0.2, 0.25) is 0 Å². The Balaban J connectivity index is 1.36. The standard InChI is InChI=1S/C19H30N4O2/c1-16(25-18-8-5-9-20-15-18)14-21-19(24)23-12-10-22(11-13-23)17-6-3-2-4-7-17/h5,8-9,15-17H,2-4,6-7,10-14H2,1H3,(H,21,24). The van der Waals surface area contributed by atoms with Gasteiger partial charge in [0, 0.05) is 38.4 Å². The van der Waals surface area contributed by atoms with Crippen molar-refractivity contribution >= 4 is 6.03 Å². The first-order valence-corrected chi connectivity index (χ1v) is 9.56. The van der Waals surface area contributed by atoms with Crippen LogP contribution in [0.3, 0.4) is 0 Å². The van der Waals surface area contributed by atoms with Gasteiger partial charge in [0.15, 0.2) is 0 Å². The summed E-state index contributed by atoms with van der Waals surface area (Å²) >= 11 is 0. The maximum absolute atomic E-state index is 12.4. The van der Waals surface area contributed by atoms with Gasteiger partial charge in [-0.25, -0.2) is 4.79 Å². The molecule has 6 nitrogen and oxygen atoms in total. The van der Waals surface area contributed by atoms with Gasteiger partial charge in [-0.05, 0) is 31.9 Å². The molecule has 1 atom stereocenters. The summed E-state index contributed by atoms with van der Waals surface area (Å²) in [5.41, 5.74) is 0. The second-order valence-electron chi connectivity index (χ2n) is 7.12. The number of ether oxygens (including phenoxy) is 1. The molecular formula is C19H30N4O2. The average molecular weight is 346 g/mol. The molecule has 1 saturated carbocycles. The molecule has 6 heteroatoms. The highest BCUT2D eigenvalue weighted by atomic mass is 16.5. The van der Waals surface area contributed by atoms with Crippen molar-refractivity contribution in [3.8, 4) is 5.75 Å². The van der Waals surface area contributed by atoms with Gasteiger partial charge in [0.25, 0.3) is 0 Å². The van der Waals surface area contributed by atoms with Crippen LogP contribution < -0.4 is 10.1 Å². The summed E-state index contributed by atoms with van der Waals surface area (Å²) in [6, 6.07) is 4.47. The van der Waals surface area contributed by atoms with E-state index in [1.807, 2.05) is 24.0 Å². The van der Waals surface area contributed by atoms with Gasteiger partial charge in [-0.3, -0.25) is 9.88 Å². The van der Waals surface area contributed by atoms with Gasteiger partial charge in [0.1, 0.15) is 11.9 Å². The predicted octanol–water partition coefficient (Wildman–Crippen LogP) is 2.51. The predicted molar refractivity (Wildman–Crippen MR) is 97.7 cm³/mol. The van der Waals surface area contributed by atoms with Crippen LogP contribution in [0.15, 0.2) is 24.5 Å². The molecule has 2 aliphatic rings. The molecule has 1 aromatic rings. The largest absolute Gasteiger partial charge is 0.487 e. The molecule has 2 amide bonds. The molecule has 0 bridgehead atoms. The first kappa shape index (κ1) is 18.0. The Morgan fingerprint density at radius 2 is 2.04 bits per heavy atom. The van der Waals surface area contributed by atoms with Crippen LogP contribution in [-0.4, -0.2) is 65.7 Å². The summed E-state index contributed by atoms with van der Waals surface area (Å²) < 4.78 is 5.74. The van der Waals surface area contributed by atoms with Crippen molar-refractivity contribution in [3.63, 3.8) is 0 Å². The lowest BCUT2D eigenvalue weighted by molar-refractivity contribution is 0.0895. The summed E-state index contributed by atoms with van der Waals surface area (Å²) in [5, 5.41) is 2.99. The number of piperazine rings is 1. The van der Waals surface area contributed by atoms with Gasteiger partial charge in [0.2, 0.25) is 0 Å². The fourth-order valence-corrected chi connectivity index (χ4v) is 3.77. The highest BCUT2D eigenvalue weighted by molar-refractivity contribution is 5.74. The lowest BCUT2D eigenvalue weighted by Gasteiger charge is -2.40. The maximum Gasteiger partial charge on any atom is 0.317 e. The van der Waals surface area contributed by atoms with Crippen molar-refractivity contribution in [2.75, 3.05) is 32.7 Å². The number of pyridine rings is 1. The Bertz CT molecular complexity index is 525. The second kappa shape index (κ2) is 9.04. The van der Waals surface area contributed by atoms with Crippen LogP contribution >= 0.6 is 0 Å². The van der Waals surface area contributed by atoms with E-state index in [4.69, 9.17) is 4.74 Å². The molecule has 2 fully saturated rings. The summed E-state index contributed by atoms with van der Waals surface area (Å²) in [6.45, 7) is 6.09. The Kier molecular flexibility index (Phi) is 6.50. The number of rotatable bonds is 5. The normalized spacial score (nSPS) is 20.9. The molecule has 138 valence electrons. The number of urea groups is 1. The fourth-order valence-electron chi connectivity index (χ4n) is 3.77. The van der Waals surface area contributed by atoms with Gasteiger partial charge in [-0.15, -0.1) is 0 Å². The molecule has 1 aromatic heterocycles. The molecule has 25 heavy (non-hydrogen) atoms. The van der Waals surface area contributed by atoms with Crippen LogP contribution in [0, 0.1) is 0 Å². The number of hydrogen-bond donors (Lipinski definition) is 1. The average Bonchev–Trinajstić information content (AvgIpc) is 2.68. The van der Waals surface area contributed by atoms with Crippen LogP contribution in [0.5, 0.6) is 5.75 Å². The first-order valence-electron chi connectivity index (χ1n) is 9.56. The number of carbonyl (C=O) groups is 1. The van der Waals surface area contributed by atoms with Gasteiger partial charge < -0.3 is 15.0 Å². The molecule has 1 aliphatic carbocycles. The molecule has 0 aromatic carbocycles. The van der Waals surface area contributed by atoms with Crippen molar-refractivity contribution in [1.29, 1.82) is 0 Å². The molecule has 1 aliphatic heterocycles. The molecule has 0 spiro atoms. The Hall–Kier alpha value is -1.82. The van der Waals surface area contributed by atoms with E-state index in [0.29, 0.717) is 6.54 Å². The molecule has 1 N–H and O–H groups in total. The zero-order chi connectivity index (χ0) is 17.5. The van der Waals surface area contributed by atoms with E-state index in [0.717, 1.165) is 38.0 Å². The second-order valence-corrected chi connectivity index (χ2v) is 7.12. The molecular weight excluding hydrogens is 316 g/mol. The van der Waals surface area contributed by atoms with Gasteiger partial charge in [-0.2, -0.15) is 0 Å². The minimum atomic E-state index is -0.0864. The summed E-state index contributed by atoms with van der Waals surface area (Å²) in [7, 11) is 0. The molecule has 0 radical (unpaired) electrons. The zero-order valence-corrected chi connectivity index (χ0v) is 15.2. The van der Waals surface area contributed by atoms with E-state index in [1.54, 1.807) is 12.4 Å². The zero-order valence-electron chi connectivity index (χ0n) is 15.2. The van der Waals surface area contributed by atoms with Gasteiger partial charge in [0.05, 0.1) is 12.7 Å². The van der Waals surface area contributed by atoms with Crippen LogP contribution in [0.25, 0.3) is 0 Å². The lowest BCUT2D eigenvalue weighted by Crippen LogP contribution is -2.55. The van der Waals surface area contributed by atoms with Crippen molar-refractivity contribution < 1.29 is 9.53 Å². The van der Waals surface area contributed by atoms with Crippen molar-refractivity contribution in [1.82, 2.24) is 20.1 Å². The summed E-state index contributed by atoms with van der Waals surface area (Å²) in [5.74, 6) is 0.727. The minimum Gasteiger partial charge on any atom is -0.487 e. The smallest absolute Gasteiger partial charge is 0.317 e. The Morgan fingerprint density at radius 3 is 2.72 bits per heavy atom. The minimum absolute atomic E-state index is 0.0185. The Labute approximate surface area is 150 Å². The van der Waals surface area contributed by atoms with E-state index in [9.17, 15) is 4.79 Å². The fraction of sp³-hybridized carbons (Fsp3) is 0.684. The third kappa shape index (κ3) is 5.33. The van der Waals surface area contributed by atoms with E-state index in [2.05, 4.69) is 15.2 Å². The van der Waals surface area contributed by atoms with Crippen LogP contribution in [-0.2, 0) is 0 Å². The van der Waals surface area contributed by atoms with E-state index in [1.165, 1.54) is 32.1 Å². The number of nitrogens with zero attached hydrogens (tertiary/aromatic N) is 3. The number of hydrogen-bond acceptors (Lipinski definition) is 4. The SMILES string of the molecule is CC(CNC(=O)N1CCN(C2CCCCC2)CC1)Oc1cccnc1. The number of aromatic nitrogens is 1. The van der Waals surface area contributed by atoms with E-state index < -0.39 is 0 Å². The van der Waals surface area contributed by atoms with Crippen molar-refractivity contribution in [3.05, 3.63) is 24.5 Å². The summed E-state index contributed by atoms with van der Waals surface area (Å²) in [6.07, 6.45) is 10.1. The molecule has 1 saturated heterocycles. The number of carbonyl (C=O) groups excluding carboxylic acids is 1. The summed E-state index contributed by atoms with van der Waals surface area (Å²) in [4.78, 5) is 20.9. The highest BCUT2D eigenvalue weighted by Gasteiger charge is 2.27. The van der Waals surface area contributed by atoms with Gasteiger partial charge >= 0.3 is 6.03 Å². The molecule has 2 heterocycles. The van der Waals surface area contributed by atoms with E-state index in [-0.39, 0.29) is 12.1 Å². The Morgan fingerprint density at radius 1 is 1.28 bits per heavy atom. The monoisotopic (exact) mass is 346 g/mol. The lowest BCUT2D eigenvalue weighted by atomic mass is 9.94. The van der Waals surface area contributed by atoms with E-state index >= 15 is 0 Å². The molecule has 1 unspecified atom stereocenters. The quantitative estimate of drug-likeness (QED) is 0.890. The maximum atomic E-state index is 12.4. The van der Waals surface area contributed by atoms with Crippen LogP contribution in [0.1, 0.15) is 39.0 Å².